The Bertz CT molecular complexity index is 798. The van der Waals surface area contributed by atoms with Crippen molar-refractivity contribution in [2.24, 2.45) is 0 Å². The van der Waals surface area contributed by atoms with Gasteiger partial charge >= 0.3 is 5.97 Å². The van der Waals surface area contributed by atoms with E-state index < -0.39 is 0 Å². The van der Waals surface area contributed by atoms with Crippen LogP contribution in [0.5, 0.6) is 0 Å². The van der Waals surface area contributed by atoms with E-state index in [1.165, 1.54) is 0 Å². The van der Waals surface area contributed by atoms with Gasteiger partial charge in [0.2, 0.25) is 0 Å². The van der Waals surface area contributed by atoms with E-state index in [4.69, 9.17) is 16.3 Å². The molecule has 0 radical (unpaired) electrons. The fraction of sp³-hybridized carbons (Fsp3) is 0.0556. The standard InChI is InChI=1S/C18H13ClO2/c1-12(19)11-21-18(20)17-15-8-4-2-6-13(15)10-14-7-3-5-9-16(14)17/h2-10H,1,11H2. The van der Waals surface area contributed by atoms with Crippen molar-refractivity contribution in [1.29, 1.82) is 0 Å². The van der Waals surface area contributed by atoms with Crippen molar-refractivity contribution in [3.63, 3.8) is 0 Å². The number of halogens is 1. The van der Waals surface area contributed by atoms with Gasteiger partial charge in [-0.25, -0.2) is 4.79 Å². The first-order valence-electron chi connectivity index (χ1n) is 6.58. The number of ether oxygens (including phenoxy) is 1. The van der Waals surface area contributed by atoms with Crippen LogP contribution in [0.15, 0.2) is 66.2 Å². The van der Waals surface area contributed by atoms with E-state index >= 15 is 0 Å². The number of fused-ring (bicyclic) bond motifs is 2. The maximum absolute atomic E-state index is 12.5. The Labute approximate surface area is 127 Å². The summed E-state index contributed by atoms with van der Waals surface area (Å²) in [4.78, 5) is 12.5. The number of carbonyl (C=O) groups is 1. The highest BCUT2D eigenvalue weighted by Crippen LogP contribution is 2.29. The van der Waals surface area contributed by atoms with Crippen LogP contribution in [-0.2, 0) is 4.74 Å². The summed E-state index contributed by atoms with van der Waals surface area (Å²) < 4.78 is 5.24. The Kier molecular flexibility index (Phi) is 3.63. The van der Waals surface area contributed by atoms with Crippen molar-refractivity contribution in [1.82, 2.24) is 0 Å². The molecule has 0 unspecified atom stereocenters. The number of hydrogen-bond donors (Lipinski definition) is 0. The minimum Gasteiger partial charge on any atom is -0.456 e. The Morgan fingerprint density at radius 2 is 1.52 bits per heavy atom. The minimum absolute atomic E-state index is 0.0118. The molecule has 2 nitrogen and oxygen atoms in total. The van der Waals surface area contributed by atoms with Crippen LogP contribution in [0.4, 0.5) is 0 Å². The second-order valence-corrected chi connectivity index (χ2v) is 5.32. The summed E-state index contributed by atoms with van der Waals surface area (Å²) in [5.41, 5.74) is 0.571. The highest BCUT2D eigenvalue weighted by Gasteiger charge is 2.16. The van der Waals surface area contributed by atoms with Crippen LogP contribution in [0.2, 0.25) is 0 Å². The molecule has 0 aliphatic heterocycles. The Morgan fingerprint density at radius 3 is 2.05 bits per heavy atom. The van der Waals surface area contributed by atoms with Crippen molar-refractivity contribution in [2.75, 3.05) is 6.61 Å². The molecule has 0 aliphatic rings. The second-order valence-electron chi connectivity index (χ2n) is 4.79. The molecule has 0 saturated heterocycles. The predicted octanol–water partition coefficient (Wildman–Crippen LogP) is 4.90. The van der Waals surface area contributed by atoms with Gasteiger partial charge in [0.1, 0.15) is 6.61 Å². The number of rotatable bonds is 3. The quantitative estimate of drug-likeness (QED) is 0.507. The average molecular weight is 297 g/mol. The van der Waals surface area contributed by atoms with Gasteiger partial charge in [-0.05, 0) is 27.6 Å². The summed E-state index contributed by atoms with van der Waals surface area (Å²) in [7, 11) is 0. The molecule has 104 valence electrons. The van der Waals surface area contributed by atoms with Gasteiger partial charge in [-0.1, -0.05) is 66.7 Å². The summed E-state index contributed by atoms with van der Waals surface area (Å²) in [6, 6.07) is 17.6. The molecule has 21 heavy (non-hydrogen) atoms. The third kappa shape index (κ3) is 2.63. The molecule has 0 heterocycles. The fourth-order valence-electron chi connectivity index (χ4n) is 2.45. The molecular weight excluding hydrogens is 284 g/mol. The monoisotopic (exact) mass is 296 g/mol. The average Bonchev–Trinajstić information content (AvgIpc) is 2.50. The largest absolute Gasteiger partial charge is 0.456 e. The van der Waals surface area contributed by atoms with Crippen LogP contribution in [-0.4, -0.2) is 12.6 Å². The maximum Gasteiger partial charge on any atom is 0.339 e. The molecule has 3 heteroatoms. The Balaban J connectivity index is 2.25. The third-order valence-electron chi connectivity index (χ3n) is 3.34. The molecule has 0 N–H and O–H groups in total. The van der Waals surface area contributed by atoms with E-state index in [0.29, 0.717) is 10.6 Å². The Morgan fingerprint density at radius 1 is 1.00 bits per heavy atom. The van der Waals surface area contributed by atoms with Crippen LogP contribution in [0.25, 0.3) is 21.5 Å². The van der Waals surface area contributed by atoms with Gasteiger partial charge in [-0.2, -0.15) is 0 Å². The van der Waals surface area contributed by atoms with Crippen molar-refractivity contribution in [3.8, 4) is 0 Å². The number of benzene rings is 3. The number of carbonyl (C=O) groups excluding carboxylic acids is 1. The van der Waals surface area contributed by atoms with Gasteiger partial charge < -0.3 is 4.74 Å². The minimum atomic E-state index is -0.384. The topological polar surface area (TPSA) is 26.3 Å². The zero-order valence-electron chi connectivity index (χ0n) is 11.3. The molecule has 0 amide bonds. The highest BCUT2D eigenvalue weighted by atomic mass is 35.5. The van der Waals surface area contributed by atoms with Gasteiger partial charge in [-0.15, -0.1) is 0 Å². The van der Waals surface area contributed by atoms with Crippen molar-refractivity contribution in [2.45, 2.75) is 0 Å². The molecule has 0 spiro atoms. The van der Waals surface area contributed by atoms with Crippen molar-refractivity contribution < 1.29 is 9.53 Å². The molecule has 3 aromatic rings. The normalized spacial score (nSPS) is 10.7. The van der Waals surface area contributed by atoms with Gasteiger partial charge in [-0.3, -0.25) is 0 Å². The van der Waals surface area contributed by atoms with Gasteiger partial charge in [0.25, 0.3) is 0 Å². The van der Waals surface area contributed by atoms with E-state index in [-0.39, 0.29) is 12.6 Å². The molecule has 0 aromatic heterocycles. The molecule has 0 fully saturated rings. The van der Waals surface area contributed by atoms with Gasteiger partial charge in [0.15, 0.2) is 0 Å². The molecule has 3 aromatic carbocycles. The second kappa shape index (κ2) is 5.58. The van der Waals surface area contributed by atoms with Gasteiger partial charge in [0, 0.05) is 5.03 Å². The van der Waals surface area contributed by atoms with E-state index in [1.54, 1.807) is 0 Å². The van der Waals surface area contributed by atoms with Crippen molar-refractivity contribution >= 4 is 39.1 Å². The molecule has 3 rings (SSSR count). The van der Waals surface area contributed by atoms with E-state index in [9.17, 15) is 4.79 Å². The highest BCUT2D eigenvalue weighted by molar-refractivity contribution is 6.29. The van der Waals surface area contributed by atoms with E-state index in [2.05, 4.69) is 12.6 Å². The van der Waals surface area contributed by atoms with Gasteiger partial charge in [0.05, 0.1) is 5.56 Å². The smallest absolute Gasteiger partial charge is 0.339 e. The lowest BCUT2D eigenvalue weighted by atomic mass is 9.97. The lowest BCUT2D eigenvalue weighted by Gasteiger charge is -2.11. The molecule has 0 aliphatic carbocycles. The summed E-state index contributed by atoms with van der Waals surface area (Å²) >= 11 is 5.67. The Hall–Kier alpha value is -2.32. The summed E-state index contributed by atoms with van der Waals surface area (Å²) in [6.07, 6.45) is 0. The zero-order valence-corrected chi connectivity index (χ0v) is 12.1. The lowest BCUT2D eigenvalue weighted by Crippen LogP contribution is -2.08. The van der Waals surface area contributed by atoms with Crippen LogP contribution >= 0.6 is 11.6 Å². The first kappa shape index (κ1) is 13.7. The predicted molar refractivity (Wildman–Crippen MR) is 86.7 cm³/mol. The van der Waals surface area contributed by atoms with Crippen molar-refractivity contribution in [3.05, 3.63) is 71.8 Å². The summed E-state index contributed by atoms with van der Waals surface area (Å²) in [5, 5.41) is 4.07. The summed E-state index contributed by atoms with van der Waals surface area (Å²) in [6.45, 7) is 3.55. The summed E-state index contributed by atoms with van der Waals surface area (Å²) in [5.74, 6) is -0.384. The number of hydrogen-bond acceptors (Lipinski definition) is 2. The maximum atomic E-state index is 12.5. The molecular formula is C18H13ClO2. The SMILES string of the molecule is C=C(Cl)COC(=O)c1c2ccccc2cc2ccccc12. The first-order valence-corrected chi connectivity index (χ1v) is 6.95. The number of esters is 1. The zero-order chi connectivity index (χ0) is 14.8. The first-order chi connectivity index (χ1) is 10.2. The van der Waals surface area contributed by atoms with Crippen LogP contribution in [0, 0.1) is 0 Å². The van der Waals surface area contributed by atoms with Crippen LogP contribution in [0.3, 0.4) is 0 Å². The third-order valence-corrected chi connectivity index (χ3v) is 3.44. The molecule has 0 atom stereocenters. The molecule has 0 bridgehead atoms. The molecule has 0 saturated carbocycles. The van der Waals surface area contributed by atoms with E-state index in [1.807, 2.05) is 48.5 Å². The van der Waals surface area contributed by atoms with E-state index in [0.717, 1.165) is 21.5 Å². The lowest BCUT2D eigenvalue weighted by molar-refractivity contribution is 0.0550. The fourth-order valence-corrected chi connectivity index (χ4v) is 2.50. The van der Waals surface area contributed by atoms with Crippen LogP contribution in [0.1, 0.15) is 10.4 Å². The van der Waals surface area contributed by atoms with Crippen LogP contribution < -0.4 is 0 Å².